The van der Waals surface area contributed by atoms with Crippen molar-refractivity contribution in [1.29, 1.82) is 0 Å². The number of hydrogen-bond donors (Lipinski definition) is 0. The summed E-state index contributed by atoms with van der Waals surface area (Å²) in [5.41, 5.74) is 0.638. The maximum atomic E-state index is 11.4. The van der Waals surface area contributed by atoms with Crippen LogP contribution in [0.3, 0.4) is 0 Å². The van der Waals surface area contributed by atoms with E-state index in [-0.39, 0.29) is 4.90 Å². The van der Waals surface area contributed by atoms with Gasteiger partial charge in [0.25, 0.3) is 9.05 Å². The summed E-state index contributed by atoms with van der Waals surface area (Å²) in [4.78, 5) is 0.0981. The Morgan fingerprint density at radius 2 is 1.81 bits per heavy atom. The first kappa shape index (κ1) is 11.5. The first-order valence-corrected chi connectivity index (χ1v) is 7.20. The summed E-state index contributed by atoms with van der Waals surface area (Å²) in [6.07, 6.45) is 0.567. The summed E-state index contributed by atoms with van der Waals surface area (Å²) in [6.45, 7) is 2.75. The molecular formula is C10H11ClO4S. The van der Waals surface area contributed by atoms with Gasteiger partial charge in [-0.25, -0.2) is 8.42 Å². The van der Waals surface area contributed by atoms with Crippen LogP contribution in [-0.4, -0.2) is 21.6 Å². The lowest BCUT2D eigenvalue weighted by atomic mass is 10.1. The number of hydrogen-bond acceptors (Lipinski definition) is 4. The van der Waals surface area contributed by atoms with Gasteiger partial charge in [-0.1, -0.05) is 6.92 Å². The molecule has 0 spiro atoms. The fourth-order valence-corrected chi connectivity index (χ4v) is 2.81. The largest absolute Gasteiger partial charge is 0.486 e. The zero-order valence-corrected chi connectivity index (χ0v) is 10.3. The number of benzene rings is 1. The standard InChI is InChI=1S/C10H11ClO4S/c1-2-7-5-8-9(15-4-3-14-8)6-10(7)16(11,12)13/h5-6H,2-4H2,1H3. The van der Waals surface area contributed by atoms with E-state index in [1.165, 1.54) is 6.07 Å². The Bertz CT molecular complexity index is 510. The third-order valence-electron chi connectivity index (χ3n) is 2.37. The van der Waals surface area contributed by atoms with Gasteiger partial charge in [-0.2, -0.15) is 0 Å². The predicted octanol–water partition coefficient (Wildman–Crippen LogP) is 1.95. The number of ether oxygens (including phenoxy) is 2. The molecule has 0 atom stereocenters. The highest BCUT2D eigenvalue weighted by molar-refractivity contribution is 8.13. The number of aryl methyl sites for hydroxylation is 1. The van der Waals surface area contributed by atoms with Crippen LogP contribution in [-0.2, 0) is 15.5 Å². The van der Waals surface area contributed by atoms with Crippen molar-refractivity contribution in [3.63, 3.8) is 0 Å². The second-order valence-electron chi connectivity index (χ2n) is 3.39. The molecular weight excluding hydrogens is 252 g/mol. The highest BCUT2D eigenvalue weighted by Crippen LogP contribution is 2.36. The van der Waals surface area contributed by atoms with Crippen molar-refractivity contribution in [2.75, 3.05) is 13.2 Å². The molecule has 4 nitrogen and oxygen atoms in total. The maximum absolute atomic E-state index is 11.4. The first-order valence-electron chi connectivity index (χ1n) is 4.89. The lowest BCUT2D eigenvalue weighted by Gasteiger charge is -2.20. The van der Waals surface area contributed by atoms with Crippen molar-refractivity contribution in [2.45, 2.75) is 18.2 Å². The van der Waals surface area contributed by atoms with E-state index in [0.29, 0.717) is 36.7 Å². The van der Waals surface area contributed by atoms with Gasteiger partial charge in [-0.05, 0) is 18.1 Å². The van der Waals surface area contributed by atoms with Gasteiger partial charge in [0, 0.05) is 16.7 Å². The van der Waals surface area contributed by atoms with Crippen molar-refractivity contribution < 1.29 is 17.9 Å². The number of fused-ring (bicyclic) bond motifs is 1. The average molecular weight is 263 g/mol. The van der Waals surface area contributed by atoms with E-state index in [0.717, 1.165) is 0 Å². The minimum absolute atomic E-state index is 0.0981. The van der Waals surface area contributed by atoms with E-state index >= 15 is 0 Å². The monoisotopic (exact) mass is 262 g/mol. The molecule has 6 heteroatoms. The molecule has 16 heavy (non-hydrogen) atoms. The van der Waals surface area contributed by atoms with Crippen LogP contribution >= 0.6 is 10.7 Å². The molecule has 1 aromatic carbocycles. The van der Waals surface area contributed by atoms with E-state index in [1.807, 2.05) is 6.92 Å². The Balaban J connectivity index is 2.61. The van der Waals surface area contributed by atoms with Crippen LogP contribution in [0.2, 0.25) is 0 Å². The van der Waals surface area contributed by atoms with Gasteiger partial charge >= 0.3 is 0 Å². The maximum Gasteiger partial charge on any atom is 0.261 e. The summed E-state index contributed by atoms with van der Waals surface area (Å²) < 4.78 is 33.4. The lowest BCUT2D eigenvalue weighted by molar-refractivity contribution is 0.171. The van der Waals surface area contributed by atoms with Crippen molar-refractivity contribution in [3.05, 3.63) is 17.7 Å². The number of rotatable bonds is 2. The molecule has 0 bridgehead atoms. The van der Waals surface area contributed by atoms with E-state index < -0.39 is 9.05 Å². The van der Waals surface area contributed by atoms with Crippen LogP contribution in [0.4, 0.5) is 0 Å². The zero-order chi connectivity index (χ0) is 11.8. The van der Waals surface area contributed by atoms with Crippen LogP contribution in [0, 0.1) is 0 Å². The Labute approximate surface area is 98.5 Å². The summed E-state index contributed by atoms with van der Waals surface area (Å²) in [7, 11) is 1.62. The second-order valence-corrected chi connectivity index (χ2v) is 5.93. The summed E-state index contributed by atoms with van der Waals surface area (Å²) in [5.74, 6) is 1.01. The summed E-state index contributed by atoms with van der Waals surface area (Å²) in [5, 5.41) is 0. The van der Waals surface area contributed by atoms with Crippen molar-refractivity contribution in [1.82, 2.24) is 0 Å². The molecule has 1 aliphatic rings. The normalized spacial score (nSPS) is 14.9. The molecule has 1 aliphatic heterocycles. The molecule has 1 heterocycles. The van der Waals surface area contributed by atoms with Gasteiger partial charge in [-0.15, -0.1) is 0 Å². The van der Waals surface area contributed by atoms with Crippen LogP contribution in [0.1, 0.15) is 12.5 Å². The van der Waals surface area contributed by atoms with Crippen molar-refractivity contribution in [3.8, 4) is 11.5 Å². The molecule has 0 amide bonds. The lowest BCUT2D eigenvalue weighted by Crippen LogP contribution is -2.16. The molecule has 0 N–H and O–H groups in total. The van der Waals surface area contributed by atoms with Gasteiger partial charge in [0.05, 0.1) is 4.90 Å². The van der Waals surface area contributed by atoms with Crippen LogP contribution < -0.4 is 9.47 Å². The molecule has 0 saturated heterocycles. The van der Waals surface area contributed by atoms with E-state index in [9.17, 15) is 8.42 Å². The zero-order valence-electron chi connectivity index (χ0n) is 8.70. The molecule has 88 valence electrons. The molecule has 1 aromatic rings. The van der Waals surface area contributed by atoms with Crippen molar-refractivity contribution >= 4 is 19.7 Å². The van der Waals surface area contributed by atoms with E-state index in [1.54, 1.807) is 6.07 Å². The Hall–Kier alpha value is -0.940. The molecule has 2 rings (SSSR count). The van der Waals surface area contributed by atoms with Crippen molar-refractivity contribution in [2.24, 2.45) is 0 Å². The van der Waals surface area contributed by atoms with E-state index in [4.69, 9.17) is 20.2 Å². The van der Waals surface area contributed by atoms with Gasteiger partial charge in [-0.3, -0.25) is 0 Å². The smallest absolute Gasteiger partial charge is 0.261 e. The highest BCUT2D eigenvalue weighted by Gasteiger charge is 2.21. The Morgan fingerprint density at radius 3 is 2.31 bits per heavy atom. The summed E-state index contributed by atoms with van der Waals surface area (Å²) in [6, 6.07) is 3.10. The molecule has 0 aliphatic carbocycles. The van der Waals surface area contributed by atoms with Gasteiger partial charge in [0.15, 0.2) is 11.5 Å². The number of halogens is 1. The van der Waals surface area contributed by atoms with Gasteiger partial charge in [0.1, 0.15) is 13.2 Å². The fourth-order valence-electron chi connectivity index (χ4n) is 1.62. The van der Waals surface area contributed by atoms with Crippen LogP contribution in [0.5, 0.6) is 11.5 Å². The quantitative estimate of drug-likeness (QED) is 0.765. The topological polar surface area (TPSA) is 52.6 Å². The Kier molecular flexibility index (Phi) is 2.99. The highest BCUT2D eigenvalue weighted by atomic mass is 35.7. The minimum Gasteiger partial charge on any atom is -0.486 e. The first-order chi connectivity index (χ1) is 7.52. The molecule has 0 aromatic heterocycles. The van der Waals surface area contributed by atoms with E-state index in [2.05, 4.69) is 0 Å². The average Bonchev–Trinajstić information content (AvgIpc) is 2.26. The summed E-state index contributed by atoms with van der Waals surface area (Å²) >= 11 is 0. The third-order valence-corrected chi connectivity index (χ3v) is 3.77. The second kappa shape index (κ2) is 4.14. The molecule has 0 radical (unpaired) electrons. The predicted molar refractivity (Wildman–Crippen MR) is 59.8 cm³/mol. The SMILES string of the molecule is CCc1cc2c(cc1S(=O)(=O)Cl)OCCO2. The van der Waals surface area contributed by atoms with Gasteiger partial charge < -0.3 is 9.47 Å². The van der Waals surface area contributed by atoms with Gasteiger partial charge in [0.2, 0.25) is 0 Å². The molecule has 0 fully saturated rings. The Morgan fingerprint density at radius 1 is 1.25 bits per heavy atom. The molecule has 0 saturated carbocycles. The third kappa shape index (κ3) is 2.10. The van der Waals surface area contributed by atoms with Crippen LogP contribution in [0.15, 0.2) is 17.0 Å². The van der Waals surface area contributed by atoms with Crippen LogP contribution in [0.25, 0.3) is 0 Å². The minimum atomic E-state index is -3.74. The molecule has 0 unspecified atom stereocenters. The fraction of sp³-hybridized carbons (Fsp3) is 0.400.